The number of nitrogens with one attached hydrogen (secondary N) is 2. The number of benzene rings is 1. The fourth-order valence-electron chi connectivity index (χ4n) is 1.85. The first-order chi connectivity index (χ1) is 8.94. The second-order valence-electron chi connectivity index (χ2n) is 4.24. The maximum atomic E-state index is 12.0. The van der Waals surface area contributed by atoms with Crippen molar-refractivity contribution in [3.8, 4) is 5.75 Å². The van der Waals surface area contributed by atoms with Crippen molar-refractivity contribution in [3.05, 3.63) is 29.8 Å². The molecule has 1 aliphatic rings. The van der Waals surface area contributed by atoms with Crippen molar-refractivity contribution in [2.24, 2.45) is 0 Å². The lowest BCUT2D eigenvalue weighted by molar-refractivity contribution is -0.274. The summed E-state index contributed by atoms with van der Waals surface area (Å²) in [5.74, 6) is -0.640. The molecule has 1 atom stereocenters. The zero-order chi connectivity index (χ0) is 13.9. The molecule has 0 aromatic heterocycles. The number of carbonyl (C=O) groups is 1. The molecule has 1 aromatic carbocycles. The third kappa shape index (κ3) is 4.13. The van der Waals surface area contributed by atoms with Gasteiger partial charge in [-0.2, -0.15) is 0 Å². The fraction of sp³-hybridized carbons (Fsp3) is 0.417. The minimum Gasteiger partial charge on any atom is -0.406 e. The molecule has 1 fully saturated rings. The molecule has 1 saturated heterocycles. The zero-order valence-corrected chi connectivity index (χ0v) is 9.96. The van der Waals surface area contributed by atoms with Crippen LogP contribution in [0.1, 0.15) is 16.8 Å². The summed E-state index contributed by atoms with van der Waals surface area (Å²) >= 11 is 0. The molecule has 0 spiro atoms. The van der Waals surface area contributed by atoms with Crippen LogP contribution in [0.15, 0.2) is 24.3 Å². The van der Waals surface area contributed by atoms with Crippen molar-refractivity contribution >= 4 is 5.91 Å². The van der Waals surface area contributed by atoms with Crippen LogP contribution in [0.25, 0.3) is 0 Å². The van der Waals surface area contributed by atoms with E-state index in [-0.39, 0.29) is 17.7 Å². The molecule has 4 nitrogen and oxygen atoms in total. The highest BCUT2D eigenvalue weighted by Crippen LogP contribution is 2.22. The first-order valence-corrected chi connectivity index (χ1v) is 5.81. The predicted molar refractivity (Wildman–Crippen MR) is 61.9 cm³/mol. The van der Waals surface area contributed by atoms with Gasteiger partial charge in [0.05, 0.1) is 0 Å². The van der Waals surface area contributed by atoms with Crippen LogP contribution in [0.5, 0.6) is 5.75 Å². The summed E-state index contributed by atoms with van der Waals surface area (Å²) in [7, 11) is 0. The average molecular weight is 274 g/mol. The van der Waals surface area contributed by atoms with Crippen LogP contribution in [0.4, 0.5) is 13.2 Å². The highest BCUT2D eigenvalue weighted by Gasteiger charge is 2.31. The van der Waals surface area contributed by atoms with Gasteiger partial charge in [0.15, 0.2) is 0 Å². The van der Waals surface area contributed by atoms with Crippen molar-refractivity contribution in [1.82, 2.24) is 10.6 Å². The van der Waals surface area contributed by atoms with Gasteiger partial charge in [0, 0.05) is 18.2 Å². The van der Waals surface area contributed by atoms with Crippen molar-refractivity contribution in [3.63, 3.8) is 0 Å². The quantitative estimate of drug-likeness (QED) is 0.881. The molecule has 2 rings (SSSR count). The van der Waals surface area contributed by atoms with Gasteiger partial charge in [-0.15, -0.1) is 13.2 Å². The Morgan fingerprint density at radius 1 is 1.32 bits per heavy atom. The summed E-state index contributed by atoms with van der Waals surface area (Å²) in [6, 6.07) is 4.92. The van der Waals surface area contributed by atoms with E-state index < -0.39 is 6.36 Å². The molecular weight excluding hydrogens is 261 g/mol. The molecule has 1 aromatic rings. The van der Waals surface area contributed by atoms with E-state index in [1.165, 1.54) is 12.1 Å². The van der Waals surface area contributed by atoms with E-state index in [0.29, 0.717) is 12.1 Å². The number of amides is 1. The van der Waals surface area contributed by atoms with Crippen molar-refractivity contribution in [2.75, 3.05) is 13.1 Å². The Morgan fingerprint density at radius 2 is 2.00 bits per heavy atom. The highest BCUT2D eigenvalue weighted by atomic mass is 19.4. The summed E-state index contributed by atoms with van der Waals surface area (Å²) < 4.78 is 39.6. The Kier molecular flexibility index (Phi) is 3.94. The molecule has 1 heterocycles. The topological polar surface area (TPSA) is 50.4 Å². The summed E-state index contributed by atoms with van der Waals surface area (Å²) in [5.41, 5.74) is 0.307. The van der Waals surface area contributed by atoms with Gasteiger partial charge in [-0.1, -0.05) is 0 Å². The molecule has 0 aliphatic carbocycles. The maximum Gasteiger partial charge on any atom is 0.573 e. The van der Waals surface area contributed by atoms with E-state index >= 15 is 0 Å². The van der Waals surface area contributed by atoms with E-state index in [9.17, 15) is 18.0 Å². The first-order valence-electron chi connectivity index (χ1n) is 5.81. The minimum atomic E-state index is -4.72. The van der Waals surface area contributed by atoms with Gasteiger partial charge < -0.3 is 15.4 Å². The van der Waals surface area contributed by atoms with Crippen LogP contribution in [-0.2, 0) is 0 Å². The molecule has 2 N–H and O–H groups in total. The van der Waals surface area contributed by atoms with Crippen molar-refractivity contribution < 1.29 is 22.7 Å². The number of halogens is 3. The Balaban J connectivity index is 1.95. The third-order valence-corrected chi connectivity index (χ3v) is 2.75. The Bertz CT molecular complexity index is 439. The van der Waals surface area contributed by atoms with Gasteiger partial charge in [0.25, 0.3) is 5.91 Å². The smallest absolute Gasteiger partial charge is 0.406 e. The van der Waals surface area contributed by atoms with Crippen LogP contribution >= 0.6 is 0 Å². The van der Waals surface area contributed by atoms with E-state index in [2.05, 4.69) is 15.4 Å². The van der Waals surface area contributed by atoms with Gasteiger partial charge in [-0.25, -0.2) is 0 Å². The molecule has 1 amide bonds. The molecule has 7 heteroatoms. The van der Waals surface area contributed by atoms with E-state index in [1.54, 1.807) is 0 Å². The normalized spacial score (nSPS) is 19.2. The van der Waals surface area contributed by atoms with Crippen LogP contribution in [0.3, 0.4) is 0 Å². The summed E-state index contributed by atoms with van der Waals surface area (Å²) in [6.07, 6.45) is -3.87. The maximum absolute atomic E-state index is 12.0. The molecule has 19 heavy (non-hydrogen) atoms. The summed E-state index contributed by atoms with van der Waals surface area (Å²) in [5, 5.41) is 5.90. The average Bonchev–Trinajstić information content (AvgIpc) is 2.80. The van der Waals surface area contributed by atoms with Gasteiger partial charge in [0.1, 0.15) is 5.75 Å². The van der Waals surface area contributed by atoms with E-state index in [0.717, 1.165) is 25.1 Å². The molecule has 1 aliphatic heterocycles. The second-order valence-corrected chi connectivity index (χ2v) is 4.24. The fourth-order valence-corrected chi connectivity index (χ4v) is 1.85. The SMILES string of the molecule is O=C(N[C@@H]1CCNC1)c1ccc(OC(F)(F)F)cc1. The van der Waals surface area contributed by atoms with Gasteiger partial charge in [-0.3, -0.25) is 4.79 Å². The number of carbonyl (C=O) groups excluding carboxylic acids is 1. The largest absolute Gasteiger partial charge is 0.573 e. The molecule has 0 saturated carbocycles. The van der Waals surface area contributed by atoms with E-state index in [4.69, 9.17) is 0 Å². The number of alkyl halides is 3. The molecule has 104 valence electrons. The third-order valence-electron chi connectivity index (χ3n) is 2.75. The molecule has 0 bridgehead atoms. The lowest BCUT2D eigenvalue weighted by Gasteiger charge is -2.12. The highest BCUT2D eigenvalue weighted by molar-refractivity contribution is 5.94. The van der Waals surface area contributed by atoms with E-state index in [1.807, 2.05) is 0 Å². The van der Waals surface area contributed by atoms with Crippen LogP contribution in [0, 0.1) is 0 Å². The van der Waals surface area contributed by atoms with Gasteiger partial charge in [-0.05, 0) is 37.2 Å². The molecule has 0 radical (unpaired) electrons. The molecule has 0 unspecified atom stereocenters. The standard InChI is InChI=1S/C12H13F3N2O2/c13-12(14,15)19-10-3-1-8(2-4-10)11(18)17-9-5-6-16-7-9/h1-4,9,16H,5-7H2,(H,17,18)/t9-/m1/s1. The second kappa shape index (κ2) is 5.48. The van der Waals surface area contributed by atoms with Gasteiger partial charge in [0.2, 0.25) is 0 Å². The van der Waals surface area contributed by atoms with Crippen molar-refractivity contribution in [1.29, 1.82) is 0 Å². The Hall–Kier alpha value is -1.76. The zero-order valence-electron chi connectivity index (χ0n) is 9.96. The van der Waals surface area contributed by atoms with Crippen LogP contribution < -0.4 is 15.4 Å². The number of hydrogen-bond acceptors (Lipinski definition) is 3. The lowest BCUT2D eigenvalue weighted by Crippen LogP contribution is -2.36. The lowest BCUT2D eigenvalue weighted by atomic mass is 10.2. The number of hydrogen-bond donors (Lipinski definition) is 2. The predicted octanol–water partition coefficient (Wildman–Crippen LogP) is 1.68. The molecular formula is C12H13F3N2O2. The number of rotatable bonds is 3. The summed E-state index contributed by atoms with van der Waals surface area (Å²) in [6.45, 7) is 1.56. The van der Waals surface area contributed by atoms with Crippen LogP contribution in [0.2, 0.25) is 0 Å². The first kappa shape index (κ1) is 13.7. The van der Waals surface area contributed by atoms with Gasteiger partial charge >= 0.3 is 6.36 Å². The number of ether oxygens (including phenoxy) is 1. The minimum absolute atomic E-state index is 0.0681. The summed E-state index contributed by atoms with van der Waals surface area (Å²) in [4.78, 5) is 11.8. The van der Waals surface area contributed by atoms with Crippen molar-refractivity contribution in [2.45, 2.75) is 18.8 Å². The Labute approximate surface area is 107 Å². The Morgan fingerprint density at radius 3 is 2.53 bits per heavy atom. The monoisotopic (exact) mass is 274 g/mol. The van der Waals surface area contributed by atoms with Crippen LogP contribution in [-0.4, -0.2) is 31.4 Å².